The third-order valence-electron chi connectivity index (χ3n) is 4.77. The van der Waals surface area contributed by atoms with Gasteiger partial charge in [0.05, 0.1) is 26.3 Å². The molecule has 0 spiro atoms. The average Bonchev–Trinajstić information content (AvgIpc) is 3.13. The number of ether oxygens (including phenoxy) is 2. The molecule has 3 rings (SSSR count). The highest BCUT2D eigenvalue weighted by atomic mass is 32.2. The lowest BCUT2D eigenvalue weighted by Gasteiger charge is -2.30. The van der Waals surface area contributed by atoms with Crippen LogP contribution >= 0.6 is 23.1 Å². The van der Waals surface area contributed by atoms with Crippen molar-refractivity contribution in [1.29, 1.82) is 0 Å². The fourth-order valence-electron chi connectivity index (χ4n) is 3.06. The van der Waals surface area contributed by atoms with Crippen molar-refractivity contribution in [2.24, 2.45) is 5.92 Å². The van der Waals surface area contributed by atoms with Gasteiger partial charge in [-0.3, -0.25) is 4.79 Å². The number of aromatic nitrogens is 1. The number of benzene rings is 1. The Labute approximate surface area is 169 Å². The summed E-state index contributed by atoms with van der Waals surface area (Å²) in [5, 5.41) is 2.00. The molecule has 0 aliphatic carbocycles. The number of thioether (sulfide) groups is 1. The molecule has 0 radical (unpaired) electrons. The smallest absolute Gasteiger partial charge is 0.228 e. The maximum atomic E-state index is 12.5. The monoisotopic (exact) mass is 406 g/mol. The van der Waals surface area contributed by atoms with Gasteiger partial charge in [-0.05, 0) is 36.5 Å². The Morgan fingerprint density at radius 1 is 1.22 bits per heavy atom. The first-order valence-corrected chi connectivity index (χ1v) is 11.0. The lowest BCUT2D eigenvalue weighted by molar-refractivity contribution is -0.131. The molecule has 0 bridgehead atoms. The van der Waals surface area contributed by atoms with Crippen LogP contribution < -0.4 is 9.47 Å². The SMILES string of the molecule is COc1cc(CSc2nc(CC(=O)N3CCC(C)CC3)cs2)cc(OC)c1. The van der Waals surface area contributed by atoms with Crippen LogP contribution in [0.4, 0.5) is 0 Å². The molecular formula is C20H26N2O3S2. The van der Waals surface area contributed by atoms with E-state index < -0.39 is 0 Å². The molecule has 1 saturated heterocycles. The van der Waals surface area contributed by atoms with Crippen LogP contribution in [0, 0.1) is 5.92 Å². The second-order valence-corrected chi connectivity index (χ2v) is 8.93. The van der Waals surface area contributed by atoms with E-state index in [0.717, 1.165) is 64.7 Å². The van der Waals surface area contributed by atoms with Gasteiger partial charge >= 0.3 is 0 Å². The number of hydrogen-bond donors (Lipinski definition) is 0. The third kappa shape index (κ3) is 5.62. The zero-order valence-corrected chi connectivity index (χ0v) is 17.7. The molecule has 1 fully saturated rings. The Kier molecular flexibility index (Phi) is 7.01. The highest BCUT2D eigenvalue weighted by molar-refractivity contribution is 8.00. The first kappa shape index (κ1) is 20.0. The summed E-state index contributed by atoms with van der Waals surface area (Å²) >= 11 is 3.26. The van der Waals surface area contributed by atoms with E-state index in [1.54, 1.807) is 37.3 Å². The minimum Gasteiger partial charge on any atom is -0.497 e. The maximum absolute atomic E-state index is 12.5. The second kappa shape index (κ2) is 9.46. The predicted molar refractivity (Wildman–Crippen MR) is 110 cm³/mol. The Bertz CT molecular complexity index is 748. The van der Waals surface area contributed by atoms with Crippen molar-refractivity contribution < 1.29 is 14.3 Å². The van der Waals surface area contributed by atoms with Crippen molar-refractivity contribution in [3.63, 3.8) is 0 Å². The number of hydrogen-bond acceptors (Lipinski definition) is 6. The van der Waals surface area contributed by atoms with Crippen LogP contribution in [-0.2, 0) is 17.0 Å². The molecule has 1 aromatic carbocycles. The van der Waals surface area contributed by atoms with Gasteiger partial charge in [0.2, 0.25) is 5.91 Å². The second-order valence-electron chi connectivity index (χ2n) is 6.85. The molecular weight excluding hydrogens is 380 g/mol. The molecule has 1 aliphatic heterocycles. The number of carbonyl (C=O) groups is 1. The zero-order chi connectivity index (χ0) is 19.2. The average molecular weight is 407 g/mol. The van der Waals surface area contributed by atoms with E-state index in [1.165, 1.54) is 0 Å². The van der Waals surface area contributed by atoms with E-state index >= 15 is 0 Å². The molecule has 0 saturated carbocycles. The van der Waals surface area contributed by atoms with Gasteiger partial charge in [0, 0.05) is 30.3 Å². The van der Waals surface area contributed by atoms with E-state index in [0.29, 0.717) is 6.42 Å². The van der Waals surface area contributed by atoms with E-state index in [-0.39, 0.29) is 5.91 Å². The summed E-state index contributed by atoms with van der Waals surface area (Å²) in [5.41, 5.74) is 1.99. The van der Waals surface area contributed by atoms with Crippen molar-refractivity contribution in [2.75, 3.05) is 27.3 Å². The molecule has 2 aromatic rings. The van der Waals surface area contributed by atoms with E-state index in [1.807, 2.05) is 28.5 Å². The van der Waals surface area contributed by atoms with Crippen LogP contribution in [0.3, 0.4) is 0 Å². The summed E-state index contributed by atoms with van der Waals surface area (Å²) < 4.78 is 11.6. The van der Waals surface area contributed by atoms with Gasteiger partial charge in [-0.25, -0.2) is 4.98 Å². The van der Waals surface area contributed by atoms with E-state index in [9.17, 15) is 4.79 Å². The molecule has 1 aromatic heterocycles. The van der Waals surface area contributed by atoms with Crippen molar-refractivity contribution in [1.82, 2.24) is 9.88 Å². The molecule has 2 heterocycles. The summed E-state index contributed by atoms with van der Waals surface area (Å²) in [6.07, 6.45) is 2.61. The lowest BCUT2D eigenvalue weighted by Crippen LogP contribution is -2.38. The van der Waals surface area contributed by atoms with Crippen LogP contribution in [0.1, 0.15) is 31.0 Å². The van der Waals surface area contributed by atoms with Crippen molar-refractivity contribution >= 4 is 29.0 Å². The minimum absolute atomic E-state index is 0.196. The first-order chi connectivity index (χ1) is 13.1. The molecule has 0 N–H and O–H groups in total. The fraction of sp³-hybridized carbons (Fsp3) is 0.500. The van der Waals surface area contributed by atoms with Crippen LogP contribution in [0.2, 0.25) is 0 Å². The molecule has 146 valence electrons. The summed E-state index contributed by atoms with van der Waals surface area (Å²) in [4.78, 5) is 19.1. The van der Waals surface area contributed by atoms with Gasteiger partial charge in [-0.1, -0.05) is 18.7 Å². The van der Waals surface area contributed by atoms with E-state index in [2.05, 4.69) is 11.9 Å². The van der Waals surface area contributed by atoms with E-state index in [4.69, 9.17) is 9.47 Å². The zero-order valence-electron chi connectivity index (χ0n) is 16.1. The summed E-state index contributed by atoms with van der Waals surface area (Å²) in [5.74, 6) is 3.27. The normalized spacial score (nSPS) is 15.0. The number of thiazole rings is 1. The molecule has 27 heavy (non-hydrogen) atoms. The van der Waals surface area contributed by atoms with Gasteiger partial charge in [-0.15, -0.1) is 11.3 Å². The Balaban J connectivity index is 1.54. The minimum atomic E-state index is 0.196. The topological polar surface area (TPSA) is 51.7 Å². The molecule has 0 atom stereocenters. The molecule has 5 nitrogen and oxygen atoms in total. The van der Waals surface area contributed by atoms with Crippen LogP contribution in [0.15, 0.2) is 27.9 Å². The van der Waals surface area contributed by atoms with Gasteiger partial charge in [-0.2, -0.15) is 0 Å². The number of rotatable bonds is 7. The summed E-state index contributed by atoms with van der Waals surface area (Å²) in [6.45, 7) is 4.01. The van der Waals surface area contributed by atoms with Crippen molar-refractivity contribution in [3.8, 4) is 11.5 Å². The highest BCUT2D eigenvalue weighted by Gasteiger charge is 2.21. The predicted octanol–water partition coefficient (Wildman–Crippen LogP) is 4.25. The van der Waals surface area contributed by atoms with Gasteiger partial charge in [0.1, 0.15) is 15.8 Å². The van der Waals surface area contributed by atoms with Crippen molar-refractivity contribution in [3.05, 3.63) is 34.8 Å². The Morgan fingerprint density at radius 2 is 1.89 bits per heavy atom. The number of likely N-dealkylation sites (tertiary alicyclic amines) is 1. The maximum Gasteiger partial charge on any atom is 0.228 e. The molecule has 0 unspecified atom stereocenters. The van der Waals surface area contributed by atoms with Gasteiger partial charge in [0.25, 0.3) is 0 Å². The van der Waals surface area contributed by atoms with Crippen LogP contribution in [-0.4, -0.2) is 43.1 Å². The standard InChI is InChI=1S/C20H26N2O3S2/c1-14-4-6-22(7-5-14)19(23)10-16-13-27-20(21-16)26-12-15-8-17(24-2)11-18(9-15)25-3/h8-9,11,13-14H,4-7,10,12H2,1-3H3. The van der Waals surface area contributed by atoms with Gasteiger partial charge < -0.3 is 14.4 Å². The largest absolute Gasteiger partial charge is 0.497 e. The number of methoxy groups -OCH3 is 2. The van der Waals surface area contributed by atoms with Gasteiger partial charge in [0.15, 0.2) is 0 Å². The Morgan fingerprint density at radius 3 is 2.52 bits per heavy atom. The van der Waals surface area contributed by atoms with Crippen LogP contribution in [0.5, 0.6) is 11.5 Å². The molecule has 1 aliphatic rings. The quantitative estimate of drug-likeness (QED) is 0.643. The molecule has 1 amide bonds. The van der Waals surface area contributed by atoms with Crippen LogP contribution in [0.25, 0.3) is 0 Å². The molecule has 7 heteroatoms. The number of piperidine rings is 1. The highest BCUT2D eigenvalue weighted by Crippen LogP contribution is 2.30. The third-order valence-corrected chi connectivity index (χ3v) is 6.91. The van der Waals surface area contributed by atoms with Crippen molar-refractivity contribution in [2.45, 2.75) is 36.3 Å². The Hall–Kier alpha value is -1.73. The summed E-state index contributed by atoms with van der Waals surface area (Å²) in [7, 11) is 3.30. The number of nitrogens with zero attached hydrogens (tertiary/aromatic N) is 2. The number of carbonyl (C=O) groups excluding carboxylic acids is 1. The fourth-order valence-corrected chi connectivity index (χ4v) is 4.83. The lowest BCUT2D eigenvalue weighted by atomic mass is 9.99. The summed E-state index contributed by atoms with van der Waals surface area (Å²) in [6, 6.07) is 5.87. The first-order valence-electron chi connectivity index (χ1n) is 9.14. The number of amides is 1.